The normalized spacial score (nSPS) is 9.52. The predicted octanol–water partition coefficient (Wildman–Crippen LogP) is 2.61. The van der Waals surface area contributed by atoms with Gasteiger partial charge in [0.05, 0.1) is 9.85 Å². The van der Waals surface area contributed by atoms with E-state index in [4.69, 9.17) is 0 Å². The maximum atomic E-state index is 11.0. The fraction of sp³-hybridized carbons (Fsp3) is 0. The van der Waals surface area contributed by atoms with Crippen LogP contribution in [0.3, 0.4) is 0 Å². The topological polar surface area (TPSA) is 107 Å². The van der Waals surface area contributed by atoms with Gasteiger partial charge in [0.1, 0.15) is 5.56 Å². The molecule has 0 heterocycles. The second-order valence-electron chi connectivity index (χ2n) is 3.96. The highest BCUT2D eigenvalue weighted by atomic mass is 16.6. The molecule has 104 valence electrons. The minimum atomic E-state index is -0.999. The van der Waals surface area contributed by atoms with Crippen molar-refractivity contribution in [3.63, 3.8) is 0 Å². The number of nitrogens with zero attached hydrogens (tertiary/aromatic N) is 2. The summed E-state index contributed by atoms with van der Waals surface area (Å²) in [5, 5.41) is 31.3. The van der Waals surface area contributed by atoms with E-state index in [9.17, 15) is 25.3 Å². The van der Waals surface area contributed by atoms with Crippen molar-refractivity contribution in [2.75, 3.05) is 0 Å². The third kappa shape index (κ3) is 2.96. The maximum absolute atomic E-state index is 11.0. The standard InChI is InChI=1S/C14H8N2O5/c17-12-9-8-11(7-6-10-4-2-1-3-5-10)13(15(18)19)14(12)16(20)21/h1-5,8-9,17H. The summed E-state index contributed by atoms with van der Waals surface area (Å²) < 4.78 is 0. The SMILES string of the molecule is O=[N+]([O-])c1c(O)ccc(C#Cc2ccccc2)c1[N+](=O)[O-]. The molecule has 0 aromatic heterocycles. The Balaban J connectivity index is 2.60. The lowest BCUT2D eigenvalue weighted by Gasteiger charge is -1.99. The van der Waals surface area contributed by atoms with Crippen LogP contribution in [0.25, 0.3) is 0 Å². The average molecular weight is 284 g/mol. The summed E-state index contributed by atoms with van der Waals surface area (Å²) in [6, 6.07) is 10.9. The summed E-state index contributed by atoms with van der Waals surface area (Å²) in [6.07, 6.45) is 0. The Hall–Kier alpha value is -3.40. The van der Waals surface area contributed by atoms with Crippen LogP contribution in [0.4, 0.5) is 11.4 Å². The quantitative estimate of drug-likeness (QED) is 0.518. The highest BCUT2D eigenvalue weighted by molar-refractivity contribution is 5.69. The molecule has 21 heavy (non-hydrogen) atoms. The highest BCUT2D eigenvalue weighted by Crippen LogP contribution is 2.37. The molecule has 7 nitrogen and oxygen atoms in total. The number of phenolic OH excluding ortho intramolecular Hbond substituents is 1. The molecule has 0 atom stereocenters. The number of nitro benzene ring substituents is 2. The van der Waals surface area contributed by atoms with Crippen LogP contribution in [0.2, 0.25) is 0 Å². The second kappa shape index (κ2) is 5.71. The smallest absolute Gasteiger partial charge is 0.388 e. The fourth-order valence-electron chi connectivity index (χ4n) is 1.70. The molecule has 2 aromatic rings. The third-order valence-corrected chi connectivity index (χ3v) is 2.61. The van der Waals surface area contributed by atoms with Gasteiger partial charge in [0.25, 0.3) is 0 Å². The largest absolute Gasteiger partial charge is 0.502 e. The van der Waals surface area contributed by atoms with Crippen molar-refractivity contribution < 1.29 is 15.0 Å². The lowest BCUT2D eigenvalue weighted by atomic mass is 10.1. The van der Waals surface area contributed by atoms with Gasteiger partial charge in [-0.15, -0.1) is 0 Å². The van der Waals surface area contributed by atoms with Gasteiger partial charge in [-0.2, -0.15) is 0 Å². The van der Waals surface area contributed by atoms with Gasteiger partial charge in [0, 0.05) is 5.56 Å². The fourth-order valence-corrected chi connectivity index (χ4v) is 1.70. The summed E-state index contributed by atoms with van der Waals surface area (Å²) in [7, 11) is 0. The summed E-state index contributed by atoms with van der Waals surface area (Å²) >= 11 is 0. The minimum Gasteiger partial charge on any atom is -0.502 e. The van der Waals surface area contributed by atoms with E-state index < -0.39 is 27.0 Å². The molecular formula is C14H8N2O5. The summed E-state index contributed by atoms with van der Waals surface area (Å²) in [5.74, 6) is 4.44. The number of phenols is 1. The van der Waals surface area contributed by atoms with Crippen molar-refractivity contribution in [2.45, 2.75) is 0 Å². The number of nitro groups is 2. The van der Waals surface area contributed by atoms with E-state index in [2.05, 4.69) is 11.8 Å². The molecule has 0 saturated carbocycles. The predicted molar refractivity (Wildman–Crippen MR) is 73.8 cm³/mol. The van der Waals surface area contributed by atoms with Gasteiger partial charge in [-0.3, -0.25) is 20.2 Å². The van der Waals surface area contributed by atoms with Crippen molar-refractivity contribution in [1.29, 1.82) is 0 Å². The monoisotopic (exact) mass is 284 g/mol. The first-order valence-electron chi connectivity index (χ1n) is 5.72. The van der Waals surface area contributed by atoms with Gasteiger partial charge in [0.2, 0.25) is 5.75 Å². The van der Waals surface area contributed by atoms with Crippen molar-refractivity contribution in [1.82, 2.24) is 0 Å². The molecule has 0 radical (unpaired) electrons. The van der Waals surface area contributed by atoms with Crippen LogP contribution in [-0.4, -0.2) is 15.0 Å². The zero-order valence-electron chi connectivity index (χ0n) is 10.5. The van der Waals surface area contributed by atoms with Gasteiger partial charge in [-0.05, 0) is 24.3 Å². The van der Waals surface area contributed by atoms with E-state index in [1.165, 1.54) is 6.07 Å². The Bertz CT molecular complexity index is 775. The molecule has 0 amide bonds. The van der Waals surface area contributed by atoms with Crippen molar-refractivity contribution in [3.8, 4) is 17.6 Å². The average Bonchev–Trinajstić information content (AvgIpc) is 2.46. The van der Waals surface area contributed by atoms with E-state index in [1.807, 2.05) is 0 Å². The third-order valence-electron chi connectivity index (χ3n) is 2.61. The van der Waals surface area contributed by atoms with Crippen molar-refractivity contribution >= 4 is 11.4 Å². The molecule has 2 rings (SSSR count). The molecule has 0 aliphatic rings. The van der Waals surface area contributed by atoms with E-state index >= 15 is 0 Å². The Morgan fingerprint density at radius 1 is 0.857 bits per heavy atom. The number of hydrogen-bond donors (Lipinski definition) is 1. The molecule has 0 saturated heterocycles. The van der Waals surface area contributed by atoms with Crippen LogP contribution in [0.15, 0.2) is 42.5 Å². The second-order valence-corrected chi connectivity index (χ2v) is 3.96. The van der Waals surface area contributed by atoms with Crippen molar-refractivity contribution in [3.05, 3.63) is 73.8 Å². The minimum absolute atomic E-state index is 0.131. The van der Waals surface area contributed by atoms with Crippen molar-refractivity contribution in [2.24, 2.45) is 0 Å². The van der Waals surface area contributed by atoms with Gasteiger partial charge >= 0.3 is 11.4 Å². The van der Waals surface area contributed by atoms with Gasteiger partial charge in [-0.1, -0.05) is 30.0 Å². The molecule has 0 bridgehead atoms. The Morgan fingerprint density at radius 3 is 2.05 bits per heavy atom. The molecule has 2 aromatic carbocycles. The van der Waals surface area contributed by atoms with Crippen LogP contribution in [0, 0.1) is 32.1 Å². The van der Waals surface area contributed by atoms with Crippen LogP contribution in [-0.2, 0) is 0 Å². The number of hydrogen-bond acceptors (Lipinski definition) is 5. The first-order valence-corrected chi connectivity index (χ1v) is 5.72. The van der Waals surface area contributed by atoms with E-state index in [1.54, 1.807) is 30.3 Å². The Morgan fingerprint density at radius 2 is 1.48 bits per heavy atom. The molecule has 1 N–H and O–H groups in total. The molecular weight excluding hydrogens is 276 g/mol. The van der Waals surface area contributed by atoms with Crippen LogP contribution in [0.1, 0.15) is 11.1 Å². The summed E-state index contributed by atoms with van der Waals surface area (Å²) in [6.45, 7) is 0. The van der Waals surface area contributed by atoms with Crippen LogP contribution < -0.4 is 0 Å². The van der Waals surface area contributed by atoms with Gasteiger partial charge in [0.15, 0.2) is 0 Å². The lowest BCUT2D eigenvalue weighted by molar-refractivity contribution is -0.423. The maximum Gasteiger partial charge on any atom is 0.388 e. The number of rotatable bonds is 2. The van der Waals surface area contributed by atoms with E-state index in [0.717, 1.165) is 6.07 Å². The number of aromatic hydroxyl groups is 1. The molecule has 0 aliphatic heterocycles. The van der Waals surface area contributed by atoms with E-state index in [0.29, 0.717) is 5.56 Å². The molecule has 0 unspecified atom stereocenters. The first-order chi connectivity index (χ1) is 10.0. The lowest BCUT2D eigenvalue weighted by Crippen LogP contribution is -1.99. The summed E-state index contributed by atoms with van der Waals surface area (Å²) in [5.41, 5.74) is -1.29. The first kappa shape index (κ1) is 14.0. The summed E-state index contributed by atoms with van der Waals surface area (Å²) in [4.78, 5) is 20.0. The molecule has 0 fully saturated rings. The zero-order chi connectivity index (χ0) is 15.4. The van der Waals surface area contributed by atoms with Gasteiger partial charge < -0.3 is 5.11 Å². The molecule has 7 heteroatoms. The molecule has 0 spiro atoms. The highest BCUT2D eigenvalue weighted by Gasteiger charge is 2.32. The van der Waals surface area contributed by atoms with Crippen LogP contribution in [0.5, 0.6) is 5.75 Å². The molecule has 0 aliphatic carbocycles. The van der Waals surface area contributed by atoms with Crippen LogP contribution >= 0.6 is 0 Å². The van der Waals surface area contributed by atoms with Gasteiger partial charge in [-0.25, -0.2) is 0 Å². The Labute approximate surface area is 118 Å². The van der Waals surface area contributed by atoms with E-state index in [-0.39, 0.29) is 5.56 Å². The zero-order valence-corrected chi connectivity index (χ0v) is 10.5. The number of benzene rings is 2. The Kier molecular flexibility index (Phi) is 3.81.